The molecule has 1 aliphatic heterocycles. The van der Waals surface area contributed by atoms with Gasteiger partial charge in [0.25, 0.3) is 5.91 Å². The third kappa shape index (κ3) is 2.23. The lowest BCUT2D eigenvalue weighted by Gasteiger charge is -1.98. The van der Waals surface area contributed by atoms with Gasteiger partial charge in [0.2, 0.25) is 5.95 Å². The minimum absolute atomic E-state index is 0.0416. The summed E-state index contributed by atoms with van der Waals surface area (Å²) in [7, 11) is 0. The first kappa shape index (κ1) is 10.7. The number of nitrogens with two attached hydrogens (primary N) is 2. The lowest BCUT2D eigenvalue weighted by Crippen LogP contribution is -2.26. The van der Waals surface area contributed by atoms with Crippen molar-refractivity contribution in [3.05, 3.63) is 11.8 Å². The van der Waals surface area contributed by atoms with Crippen molar-refractivity contribution < 1.29 is 9.59 Å². The molecule has 0 bridgehead atoms. The van der Waals surface area contributed by atoms with Crippen molar-refractivity contribution in [3.8, 4) is 11.8 Å². The Morgan fingerprint density at radius 1 is 1.35 bits per heavy atom. The zero-order valence-corrected chi connectivity index (χ0v) is 8.52. The number of imide groups is 1. The highest BCUT2D eigenvalue weighted by molar-refractivity contribution is 6.05. The molecule has 1 aromatic heterocycles. The summed E-state index contributed by atoms with van der Waals surface area (Å²) in [6.07, 6.45) is 1.35. The molecule has 86 valence electrons. The van der Waals surface area contributed by atoms with Crippen LogP contribution in [-0.4, -0.2) is 27.9 Å². The van der Waals surface area contributed by atoms with Crippen molar-refractivity contribution in [2.45, 2.75) is 6.04 Å². The first-order valence-electron chi connectivity index (χ1n) is 4.57. The highest BCUT2D eigenvalue weighted by Crippen LogP contribution is 2.06. The molecule has 8 nitrogen and oxygen atoms in total. The quantitative estimate of drug-likeness (QED) is 0.308. The third-order valence-electron chi connectivity index (χ3n) is 1.96. The summed E-state index contributed by atoms with van der Waals surface area (Å²) >= 11 is 0. The molecule has 1 aliphatic rings. The lowest BCUT2D eigenvalue weighted by atomic mass is 10.2. The zero-order valence-electron chi connectivity index (χ0n) is 8.52. The van der Waals surface area contributed by atoms with Gasteiger partial charge in [-0.2, -0.15) is 4.98 Å². The minimum atomic E-state index is -0.889. The van der Waals surface area contributed by atoms with E-state index in [1.54, 1.807) is 0 Å². The Kier molecular flexibility index (Phi) is 2.50. The Balaban J connectivity index is 2.21. The highest BCUT2D eigenvalue weighted by atomic mass is 16.2. The summed E-state index contributed by atoms with van der Waals surface area (Å²) in [4.78, 5) is 29.4. The van der Waals surface area contributed by atoms with E-state index in [0.717, 1.165) is 0 Å². The van der Waals surface area contributed by atoms with Gasteiger partial charge in [-0.3, -0.25) is 10.1 Å². The first-order chi connectivity index (χ1) is 8.06. The lowest BCUT2D eigenvalue weighted by molar-refractivity contribution is -0.119. The Morgan fingerprint density at radius 3 is 2.71 bits per heavy atom. The summed E-state index contributed by atoms with van der Waals surface area (Å²) in [6.45, 7) is 0. The van der Waals surface area contributed by atoms with Crippen molar-refractivity contribution in [1.29, 1.82) is 0 Å². The van der Waals surface area contributed by atoms with Crippen LogP contribution in [0.1, 0.15) is 5.56 Å². The van der Waals surface area contributed by atoms with Gasteiger partial charge >= 0.3 is 6.03 Å². The number of nitrogens with one attached hydrogen (secondary N) is 2. The minimum Gasteiger partial charge on any atom is -0.382 e. The molecule has 1 aromatic rings. The molecule has 0 aromatic carbocycles. The number of hydrogen-bond acceptors (Lipinski definition) is 6. The maximum Gasteiger partial charge on any atom is 0.322 e. The van der Waals surface area contributed by atoms with E-state index in [9.17, 15) is 9.59 Å². The van der Waals surface area contributed by atoms with Crippen LogP contribution in [0.15, 0.2) is 6.20 Å². The molecular weight excluding hydrogens is 224 g/mol. The predicted molar refractivity (Wildman–Crippen MR) is 58.2 cm³/mol. The maximum atomic E-state index is 11.2. The summed E-state index contributed by atoms with van der Waals surface area (Å²) in [5, 5.41) is 4.38. The maximum absolute atomic E-state index is 11.2. The number of amides is 3. The SMILES string of the molecule is Nc1ncc(C#CC2NC(=O)NC2=O)c(N)n1. The number of carbonyl (C=O) groups is 2. The first-order valence-corrected chi connectivity index (χ1v) is 4.57. The fraction of sp³-hybridized carbons (Fsp3) is 0.111. The number of anilines is 2. The van der Waals surface area contributed by atoms with Crippen LogP contribution in [0, 0.1) is 11.8 Å². The van der Waals surface area contributed by atoms with Crippen LogP contribution >= 0.6 is 0 Å². The van der Waals surface area contributed by atoms with Crippen LogP contribution in [0.3, 0.4) is 0 Å². The number of urea groups is 1. The van der Waals surface area contributed by atoms with E-state index in [1.165, 1.54) is 6.20 Å². The molecule has 1 atom stereocenters. The van der Waals surface area contributed by atoms with Crippen LogP contribution in [-0.2, 0) is 4.79 Å². The van der Waals surface area contributed by atoms with E-state index in [0.29, 0.717) is 5.56 Å². The molecular formula is C9H8N6O2. The number of carbonyl (C=O) groups excluding carboxylic acids is 2. The predicted octanol–water partition coefficient (Wildman–Crippen LogP) is -1.80. The standard InChI is InChI=1S/C9H8N6O2/c10-6-4(3-12-8(11)14-6)1-2-5-7(16)15-9(17)13-5/h3,5H,(H4,10,11,12,14)(H2,13,15,16,17). The van der Waals surface area contributed by atoms with Crippen LogP contribution < -0.4 is 22.1 Å². The molecule has 17 heavy (non-hydrogen) atoms. The number of nitrogens with zero attached hydrogens (tertiary/aromatic N) is 2. The monoisotopic (exact) mass is 232 g/mol. The van der Waals surface area contributed by atoms with Crippen LogP contribution in [0.25, 0.3) is 0 Å². The smallest absolute Gasteiger partial charge is 0.322 e. The summed E-state index contributed by atoms with van der Waals surface area (Å²) in [6, 6.07) is -1.46. The van der Waals surface area contributed by atoms with E-state index in [-0.39, 0.29) is 11.8 Å². The number of nitrogen functional groups attached to an aromatic ring is 2. The van der Waals surface area contributed by atoms with Gasteiger partial charge in [0.15, 0.2) is 6.04 Å². The van der Waals surface area contributed by atoms with Crippen LogP contribution in [0.5, 0.6) is 0 Å². The van der Waals surface area contributed by atoms with Crippen molar-refractivity contribution in [1.82, 2.24) is 20.6 Å². The molecule has 3 amide bonds. The molecule has 8 heteroatoms. The van der Waals surface area contributed by atoms with Gasteiger partial charge in [-0.25, -0.2) is 9.78 Å². The largest absolute Gasteiger partial charge is 0.382 e. The topological polar surface area (TPSA) is 136 Å². The summed E-state index contributed by atoms with van der Waals surface area (Å²) in [5.41, 5.74) is 11.2. The van der Waals surface area contributed by atoms with Crippen LogP contribution in [0.2, 0.25) is 0 Å². The average molecular weight is 232 g/mol. The normalized spacial score (nSPS) is 18.0. The van der Waals surface area contributed by atoms with Gasteiger partial charge in [0.05, 0.1) is 11.8 Å². The van der Waals surface area contributed by atoms with Gasteiger partial charge in [-0.1, -0.05) is 11.8 Å². The second kappa shape index (κ2) is 3.97. The Hall–Kier alpha value is -2.82. The molecule has 1 saturated heterocycles. The molecule has 0 radical (unpaired) electrons. The van der Waals surface area contributed by atoms with Gasteiger partial charge in [-0.15, -0.1) is 0 Å². The molecule has 1 unspecified atom stereocenters. The molecule has 2 rings (SSSR count). The third-order valence-corrected chi connectivity index (χ3v) is 1.96. The van der Waals surface area contributed by atoms with Gasteiger partial charge < -0.3 is 16.8 Å². The van der Waals surface area contributed by atoms with Crippen LogP contribution in [0.4, 0.5) is 16.6 Å². The summed E-state index contributed by atoms with van der Waals surface area (Å²) < 4.78 is 0. The number of hydrogen-bond donors (Lipinski definition) is 4. The Bertz CT molecular complexity index is 558. The second-order valence-corrected chi connectivity index (χ2v) is 3.19. The molecule has 1 fully saturated rings. The summed E-state index contributed by atoms with van der Waals surface area (Å²) in [5.74, 6) is 4.80. The van der Waals surface area contributed by atoms with E-state index in [1.807, 2.05) is 0 Å². The molecule has 0 aliphatic carbocycles. The van der Waals surface area contributed by atoms with E-state index in [4.69, 9.17) is 11.5 Å². The zero-order chi connectivity index (χ0) is 12.4. The average Bonchev–Trinajstić information content (AvgIpc) is 2.56. The molecule has 6 N–H and O–H groups in total. The second-order valence-electron chi connectivity index (χ2n) is 3.19. The number of rotatable bonds is 0. The van der Waals surface area contributed by atoms with E-state index < -0.39 is 18.0 Å². The number of aromatic nitrogens is 2. The van der Waals surface area contributed by atoms with Crippen molar-refractivity contribution in [3.63, 3.8) is 0 Å². The van der Waals surface area contributed by atoms with E-state index >= 15 is 0 Å². The molecule has 0 spiro atoms. The van der Waals surface area contributed by atoms with Gasteiger partial charge in [-0.05, 0) is 0 Å². The van der Waals surface area contributed by atoms with Crippen molar-refractivity contribution >= 4 is 23.7 Å². The van der Waals surface area contributed by atoms with Crippen molar-refractivity contribution in [2.24, 2.45) is 0 Å². The Labute approximate surface area is 95.8 Å². The van der Waals surface area contributed by atoms with E-state index in [2.05, 4.69) is 32.4 Å². The fourth-order valence-electron chi connectivity index (χ4n) is 1.17. The van der Waals surface area contributed by atoms with Gasteiger partial charge in [0.1, 0.15) is 5.82 Å². The fourth-order valence-corrected chi connectivity index (χ4v) is 1.17. The van der Waals surface area contributed by atoms with Crippen molar-refractivity contribution in [2.75, 3.05) is 11.5 Å². The highest BCUT2D eigenvalue weighted by Gasteiger charge is 2.27. The van der Waals surface area contributed by atoms with Gasteiger partial charge in [0, 0.05) is 0 Å². The molecule has 2 heterocycles. The molecule has 0 saturated carbocycles. The Morgan fingerprint density at radius 2 is 2.12 bits per heavy atom.